The first-order chi connectivity index (χ1) is 12.2. The van der Waals surface area contributed by atoms with Crippen LogP contribution in [-0.4, -0.2) is 41.0 Å². The maximum atomic E-state index is 12.3. The second-order valence-corrected chi connectivity index (χ2v) is 6.99. The van der Waals surface area contributed by atoms with Crippen molar-refractivity contribution in [1.82, 2.24) is 15.2 Å². The molecule has 0 spiro atoms. The molecule has 1 aliphatic heterocycles. The molecule has 0 bridgehead atoms. The van der Waals surface area contributed by atoms with Gasteiger partial charge in [-0.2, -0.15) is 0 Å². The Morgan fingerprint density at radius 3 is 2.80 bits per heavy atom. The number of rotatable bonds is 6. The summed E-state index contributed by atoms with van der Waals surface area (Å²) < 4.78 is 6.05. The number of para-hydroxylation sites is 1. The molecule has 2 fully saturated rings. The molecule has 1 N–H and O–H groups in total. The molecule has 1 amide bonds. The molecule has 130 valence electrons. The first-order valence-corrected chi connectivity index (χ1v) is 8.95. The lowest BCUT2D eigenvalue weighted by Gasteiger charge is -2.39. The molecule has 1 saturated heterocycles. The molecule has 25 heavy (non-hydrogen) atoms. The Morgan fingerprint density at radius 2 is 2.04 bits per heavy atom. The summed E-state index contributed by atoms with van der Waals surface area (Å²) in [5, 5.41) is 3.57. The van der Waals surface area contributed by atoms with Crippen molar-refractivity contribution < 1.29 is 9.53 Å². The third-order valence-corrected chi connectivity index (χ3v) is 4.83. The van der Waals surface area contributed by atoms with Crippen LogP contribution in [0.15, 0.2) is 42.6 Å². The van der Waals surface area contributed by atoms with Crippen molar-refractivity contribution in [1.29, 1.82) is 0 Å². The van der Waals surface area contributed by atoms with Crippen molar-refractivity contribution in [3.8, 4) is 5.75 Å². The minimum Gasteiger partial charge on any atom is -0.487 e. The number of likely N-dealkylation sites (tertiary alicyclic amines) is 1. The lowest BCUT2D eigenvalue weighted by molar-refractivity contribution is 0.0140. The van der Waals surface area contributed by atoms with Crippen molar-refractivity contribution in [2.45, 2.75) is 31.5 Å². The van der Waals surface area contributed by atoms with E-state index in [9.17, 15) is 4.79 Å². The largest absolute Gasteiger partial charge is 0.487 e. The zero-order chi connectivity index (χ0) is 17.2. The number of aromatic nitrogens is 1. The second-order valence-electron chi connectivity index (χ2n) is 6.63. The molecule has 1 aromatic heterocycles. The normalized spacial score (nSPS) is 17.8. The highest BCUT2D eigenvalue weighted by atomic mass is 35.5. The number of nitrogens with zero attached hydrogens (tertiary/aromatic N) is 2. The van der Waals surface area contributed by atoms with Gasteiger partial charge < -0.3 is 10.1 Å². The second kappa shape index (κ2) is 7.02. The molecule has 4 rings (SSSR count). The Bertz CT molecular complexity index is 773. The van der Waals surface area contributed by atoms with Crippen molar-refractivity contribution in [2.75, 3.05) is 13.1 Å². The predicted molar refractivity (Wildman–Crippen MR) is 95.9 cm³/mol. The van der Waals surface area contributed by atoms with Crippen LogP contribution in [0.2, 0.25) is 5.15 Å². The summed E-state index contributed by atoms with van der Waals surface area (Å²) in [6.45, 7) is 2.38. The molecule has 0 atom stereocenters. The van der Waals surface area contributed by atoms with Gasteiger partial charge in [-0.05, 0) is 31.0 Å². The summed E-state index contributed by atoms with van der Waals surface area (Å²) in [6, 6.07) is 11.7. The van der Waals surface area contributed by atoms with Crippen LogP contribution in [0.4, 0.5) is 0 Å². The zero-order valence-electron chi connectivity index (χ0n) is 13.8. The molecule has 2 heterocycles. The van der Waals surface area contributed by atoms with Gasteiger partial charge >= 0.3 is 0 Å². The third-order valence-electron chi connectivity index (χ3n) is 4.49. The number of carbonyl (C=O) groups excluding carboxylic acids is 1. The van der Waals surface area contributed by atoms with Crippen LogP contribution in [0, 0.1) is 0 Å². The van der Waals surface area contributed by atoms with E-state index in [-0.39, 0.29) is 12.0 Å². The first-order valence-electron chi connectivity index (χ1n) is 8.57. The molecule has 1 aliphatic carbocycles. The molecular formula is C19H20ClN3O2. The number of hydrogen-bond acceptors (Lipinski definition) is 4. The van der Waals surface area contributed by atoms with Gasteiger partial charge in [0.25, 0.3) is 5.91 Å². The number of hydrogen-bond donors (Lipinski definition) is 1. The lowest BCUT2D eigenvalue weighted by Crippen LogP contribution is -2.53. The minimum absolute atomic E-state index is 0.0450. The van der Waals surface area contributed by atoms with E-state index in [2.05, 4.69) is 15.2 Å². The number of nitrogens with one attached hydrogen (secondary N) is 1. The number of halogens is 1. The smallest absolute Gasteiger partial charge is 0.255 e. The zero-order valence-corrected chi connectivity index (χ0v) is 14.6. The van der Waals surface area contributed by atoms with Gasteiger partial charge in [0, 0.05) is 37.4 Å². The minimum atomic E-state index is -0.0450. The van der Waals surface area contributed by atoms with E-state index < -0.39 is 0 Å². The summed E-state index contributed by atoms with van der Waals surface area (Å²) in [5.41, 5.74) is 1.63. The summed E-state index contributed by atoms with van der Waals surface area (Å²) in [6.07, 6.45) is 3.93. The average Bonchev–Trinajstić information content (AvgIpc) is 3.39. The Hall–Kier alpha value is -2.11. The van der Waals surface area contributed by atoms with Gasteiger partial charge in [-0.3, -0.25) is 9.69 Å². The quantitative estimate of drug-likeness (QED) is 0.808. The van der Waals surface area contributed by atoms with E-state index in [4.69, 9.17) is 16.3 Å². The summed E-state index contributed by atoms with van der Waals surface area (Å²) in [5.74, 6) is 0.612. The van der Waals surface area contributed by atoms with Crippen molar-refractivity contribution in [2.24, 2.45) is 0 Å². The molecule has 2 aliphatic rings. The number of carbonyl (C=O) groups is 1. The topological polar surface area (TPSA) is 54.5 Å². The highest BCUT2D eigenvalue weighted by Crippen LogP contribution is 2.26. The van der Waals surface area contributed by atoms with Crippen LogP contribution in [0.1, 0.15) is 28.8 Å². The molecular weight excluding hydrogens is 338 g/mol. The number of ether oxygens (including phenoxy) is 1. The average molecular weight is 358 g/mol. The van der Waals surface area contributed by atoms with E-state index in [1.54, 1.807) is 6.20 Å². The number of pyridine rings is 1. The molecule has 0 unspecified atom stereocenters. The first kappa shape index (κ1) is 16.4. The fraction of sp³-hybridized carbons (Fsp3) is 0.368. The lowest BCUT2D eigenvalue weighted by atomic mass is 10.1. The highest BCUT2D eigenvalue weighted by molar-refractivity contribution is 6.30. The monoisotopic (exact) mass is 357 g/mol. The molecule has 1 saturated carbocycles. The Labute approximate surface area is 152 Å². The number of benzene rings is 1. The fourth-order valence-electron chi connectivity index (χ4n) is 2.93. The Balaban J connectivity index is 1.33. The van der Waals surface area contributed by atoms with Crippen LogP contribution in [0.3, 0.4) is 0 Å². The Kier molecular flexibility index (Phi) is 4.59. The third kappa shape index (κ3) is 3.94. The van der Waals surface area contributed by atoms with Crippen LogP contribution in [-0.2, 0) is 6.54 Å². The predicted octanol–water partition coefficient (Wildman–Crippen LogP) is 2.89. The summed E-state index contributed by atoms with van der Waals surface area (Å²) in [4.78, 5) is 18.7. The van der Waals surface area contributed by atoms with E-state index >= 15 is 0 Å². The van der Waals surface area contributed by atoms with Gasteiger partial charge in [0.05, 0.1) is 5.56 Å². The standard InChI is InChI=1S/C19H20ClN3O2/c20-18-13(4-3-9-21-18)10-23-11-15(12-23)25-17-6-2-1-5-16(17)19(24)22-14-7-8-14/h1-6,9,14-15H,7-8,10-12H2,(H,22,24). The van der Waals surface area contributed by atoms with Crippen molar-refractivity contribution in [3.05, 3.63) is 58.9 Å². The molecule has 2 aromatic rings. The van der Waals surface area contributed by atoms with Crippen LogP contribution >= 0.6 is 11.6 Å². The van der Waals surface area contributed by atoms with Gasteiger partial charge in [-0.25, -0.2) is 4.98 Å². The van der Waals surface area contributed by atoms with Gasteiger partial charge in [0.2, 0.25) is 0 Å². The van der Waals surface area contributed by atoms with E-state index in [1.165, 1.54) is 0 Å². The molecule has 6 heteroatoms. The molecule has 1 aromatic carbocycles. The van der Waals surface area contributed by atoms with Gasteiger partial charge in [-0.15, -0.1) is 0 Å². The molecule has 0 radical (unpaired) electrons. The van der Waals surface area contributed by atoms with Crippen LogP contribution < -0.4 is 10.1 Å². The number of amides is 1. The maximum Gasteiger partial charge on any atom is 0.255 e. The summed E-state index contributed by atoms with van der Waals surface area (Å²) in [7, 11) is 0. The van der Waals surface area contributed by atoms with Crippen LogP contribution in [0.5, 0.6) is 5.75 Å². The van der Waals surface area contributed by atoms with Gasteiger partial charge in [0.15, 0.2) is 0 Å². The van der Waals surface area contributed by atoms with E-state index in [1.807, 2.05) is 36.4 Å². The highest BCUT2D eigenvalue weighted by Gasteiger charge is 2.30. The van der Waals surface area contributed by atoms with Gasteiger partial charge in [0.1, 0.15) is 17.0 Å². The van der Waals surface area contributed by atoms with E-state index in [0.29, 0.717) is 22.5 Å². The van der Waals surface area contributed by atoms with E-state index in [0.717, 1.165) is 38.0 Å². The van der Waals surface area contributed by atoms with Crippen molar-refractivity contribution >= 4 is 17.5 Å². The Morgan fingerprint density at radius 1 is 1.24 bits per heavy atom. The van der Waals surface area contributed by atoms with Crippen molar-refractivity contribution in [3.63, 3.8) is 0 Å². The SMILES string of the molecule is O=C(NC1CC1)c1ccccc1OC1CN(Cc2cccnc2Cl)C1. The van der Waals surface area contributed by atoms with Gasteiger partial charge in [-0.1, -0.05) is 29.8 Å². The van der Waals surface area contributed by atoms with Crippen LogP contribution in [0.25, 0.3) is 0 Å². The maximum absolute atomic E-state index is 12.3. The summed E-state index contributed by atoms with van der Waals surface area (Å²) >= 11 is 6.10. The molecule has 5 nitrogen and oxygen atoms in total. The fourth-order valence-corrected chi connectivity index (χ4v) is 3.11.